The zero-order valence-electron chi connectivity index (χ0n) is 25.5. The van der Waals surface area contributed by atoms with Crippen molar-refractivity contribution in [3.8, 4) is 5.88 Å². The van der Waals surface area contributed by atoms with Crippen LogP contribution in [0.4, 0.5) is 20.7 Å². The highest BCUT2D eigenvalue weighted by Gasteiger charge is 2.49. The lowest BCUT2D eigenvalue weighted by atomic mass is 9.79. The summed E-state index contributed by atoms with van der Waals surface area (Å²) in [6.07, 6.45) is 6.69. The maximum Gasteiger partial charge on any atom is 0.410 e. The number of nitrogens with zero attached hydrogens (tertiary/aromatic N) is 6. The fraction of sp³-hybridized carbons (Fsp3) is 0.500. The van der Waals surface area contributed by atoms with Gasteiger partial charge in [-0.2, -0.15) is 0 Å². The van der Waals surface area contributed by atoms with E-state index in [0.29, 0.717) is 61.9 Å². The molecule has 0 radical (unpaired) electrons. The molecule has 3 aromatic heterocycles. The third kappa shape index (κ3) is 4.30. The number of aromatic nitrogens is 3. The maximum atomic E-state index is 16.9. The second-order valence-electron chi connectivity index (χ2n) is 13.4. The Balaban J connectivity index is 1.24. The Bertz CT molecular complexity index is 1810. The van der Waals surface area contributed by atoms with Crippen molar-refractivity contribution in [2.75, 3.05) is 51.3 Å². The van der Waals surface area contributed by atoms with Gasteiger partial charge in [-0.25, -0.2) is 19.2 Å². The molecule has 4 atom stereocenters. The first-order valence-electron chi connectivity index (χ1n) is 16.4. The molecule has 1 amide bonds. The van der Waals surface area contributed by atoms with Gasteiger partial charge in [0.1, 0.15) is 18.7 Å². The Morgan fingerprint density at radius 1 is 1.16 bits per heavy atom. The number of fused-ring (bicyclic) bond motifs is 5. The number of likely N-dealkylation sites (N-methyl/N-ethyl adjacent to an activating group) is 1. The fourth-order valence-corrected chi connectivity index (χ4v) is 8.41. The molecule has 4 saturated heterocycles. The van der Waals surface area contributed by atoms with Crippen LogP contribution in [0, 0.1) is 11.7 Å². The third-order valence-electron chi connectivity index (χ3n) is 10.8. The molecule has 1 aromatic carbocycles. The molecule has 234 valence electrons. The molecule has 5 aliphatic heterocycles. The van der Waals surface area contributed by atoms with Crippen LogP contribution in [0.5, 0.6) is 5.88 Å². The van der Waals surface area contributed by atoms with Crippen molar-refractivity contribution < 1.29 is 18.7 Å². The molecule has 5 fully saturated rings. The van der Waals surface area contributed by atoms with Gasteiger partial charge in [-0.05, 0) is 69.3 Å². The maximum absolute atomic E-state index is 16.9. The summed E-state index contributed by atoms with van der Waals surface area (Å²) >= 11 is 0. The van der Waals surface area contributed by atoms with E-state index in [0.717, 1.165) is 67.5 Å². The summed E-state index contributed by atoms with van der Waals surface area (Å²) in [5.74, 6) is 0.778. The Morgan fingerprint density at radius 3 is 2.84 bits per heavy atom. The number of hydrogen-bond acceptors (Lipinski definition) is 8. The van der Waals surface area contributed by atoms with Crippen LogP contribution in [0.2, 0.25) is 0 Å². The Kier molecular flexibility index (Phi) is 6.42. The van der Waals surface area contributed by atoms with Gasteiger partial charge in [-0.3, -0.25) is 4.90 Å². The number of anilines is 2. The van der Waals surface area contributed by atoms with Crippen molar-refractivity contribution in [1.82, 2.24) is 29.7 Å². The van der Waals surface area contributed by atoms with E-state index in [1.165, 1.54) is 5.56 Å². The molecule has 2 bridgehead atoms. The van der Waals surface area contributed by atoms with E-state index < -0.39 is 5.82 Å². The minimum Gasteiger partial charge on any atom is -0.476 e. The van der Waals surface area contributed by atoms with Gasteiger partial charge in [0.15, 0.2) is 11.6 Å². The number of aryl methyl sites for hydroxylation is 1. The lowest BCUT2D eigenvalue weighted by molar-refractivity contribution is 0.155. The van der Waals surface area contributed by atoms with E-state index in [1.54, 1.807) is 11.1 Å². The standard InChI is InChI=1S/C34H38FN7O3/c1-39-10-5-8-22(39)19-45-33-24-15-23(18-40-12-13-44-34(40)43)42(30-21-14-26(30)36-16-21)31(24)25-17-37-32(28(35)29(25)38-33)41-11-4-7-20-6-2-3-9-27(20)41/h2-3,6,9,15,17,21-22,26,30,36H,4-5,7-8,10-14,16,18-19H2,1H3. The highest BCUT2D eigenvalue weighted by Crippen LogP contribution is 2.49. The van der Waals surface area contributed by atoms with Crippen LogP contribution in [0.25, 0.3) is 21.8 Å². The molecule has 4 unspecified atom stereocenters. The molecule has 10 nitrogen and oxygen atoms in total. The normalized spacial score (nSPS) is 26.1. The van der Waals surface area contributed by atoms with E-state index in [1.807, 2.05) is 23.1 Å². The van der Waals surface area contributed by atoms with E-state index in [-0.39, 0.29) is 23.7 Å². The number of likely N-dealkylation sites (tertiary alicyclic amines) is 1. The summed E-state index contributed by atoms with van der Waals surface area (Å²) < 4.78 is 31.1. The van der Waals surface area contributed by atoms with Crippen molar-refractivity contribution in [2.24, 2.45) is 5.92 Å². The quantitative estimate of drug-likeness (QED) is 0.320. The highest BCUT2D eigenvalue weighted by molar-refractivity contribution is 6.07. The smallest absolute Gasteiger partial charge is 0.410 e. The van der Waals surface area contributed by atoms with Crippen molar-refractivity contribution in [3.05, 3.63) is 53.6 Å². The minimum atomic E-state index is -0.430. The number of amides is 1. The van der Waals surface area contributed by atoms with E-state index in [9.17, 15) is 4.79 Å². The number of carbonyl (C=O) groups is 1. The van der Waals surface area contributed by atoms with Crippen LogP contribution in [0.15, 0.2) is 36.5 Å². The van der Waals surface area contributed by atoms with Crippen LogP contribution in [0.3, 0.4) is 0 Å². The van der Waals surface area contributed by atoms with E-state index in [4.69, 9.17) is 19.4 Å². The molecule has 8 heterocycles. The second kappa shape index (κ2) is 10.6. The van der Waals surface area contributed by atoms with Crippen LogP contribution in [-0.4, -0.2) is 89.0 Å². The molecular formula is C34H38FN7O3. The van der Waals surface area contributed by atoms with Crippen LogP contribution < -0.4 is 15.0 Å². The Morgan fingerprint density at radius 2 is 2.07 bits per heavy atom. The van der Waals surface area contributed by atoms with Crippen molar-refractivity contribution in [2.45, 2.75) is 56.8 Å². The number of cyclic esters (lactones) is 1. The molecule has 1 N–H and O–H groups in total. The summed E-state index contributed by atoms with van der Waals surface area (Å²) in [4.78, 5) is 28.4. The number of nitrogens with one attached hydrogen (secondary N) is 1. The lowest BCUT2D eigenvalue weighted by Gasteiger charge is -2.38. The number of halogens is 1. The van der Waals surface area contributed by atoms with Crippen molar-refractivity contribution in [3.63, 3.8) is 0 Å². The largest absolute Gasteiger partial charge is 0.476 e. The van der Waals surface area contributed by atoms with Gasteiger partial charge >= 0.3 is 6.09 Å². The average Bonchev–Trinajstić information content (AvgIpc) is 3.89. The molecule has 10 rings (SSSR count). The molecule has 4 aromatic rings. The van der Waals surface area contributed by atoms with Gasteiger partial charge < -0.3 is 29.2 Å². The fourth-order valence-electron chi connectivity index (χ4n) is 8.41. The summed E-state index contributed by atoms with van der Waals surface area (Å²) in [7, 11) is 2.13. The number of pyridine rings is 2. The van der Waals surface area contributed by atoms with Crippen LogP contribution >= 0.6 is 0 Å². The molecule has 0 spiro atoms. The number of ether oxygens (including phenoxy) is 2. The van der Waals surface area contributed by atoms with Gasteiger partial charge in [0, 0.05) is 48.1 Å². The molecule has 6 aliphatic rings. The minimum absolute atomic E-state index is 0.201. The van der Waals surface area contributed by atoms with Crippen LogP contribution in [0.1, 0.15) is 43.0 Å². The molecule has 45 heavy (non-hydrogen) atoms. The topological polar surface area (TPSA) is 88.0 Å². The first-order valence-corrected chi connectivity index (χ1v) is 16.4. The molecule has 11 heteroatoms. The van der Waals surface area contributed by atoms with Gasteiger partial charge in [0.05, 0.1) is 30.0 Å². The first-order chi connectivity index (χ1) is 22.0. The second-order valence-corrected chi connectivity index (χ2v) is 13.4. The van der Waals surface area contributed by atoms with Gasteiger partial charge in [-0.15, -0.1) is 0 Å². The highest BCUT2D eigenvalue weighted by atomic mass is 19.1. The number of para-hydroxylation sites is 1. The summed E-state index contributed by atoms with van der Waals surface area (Å²) in [5, 5.41) is 5.17. The third-order valence-corrected chi connectivity index (χ3v) is 10.8. The summed E-state index contributed by atoms with van der Waals surface area (Å²) in [6.45, 7) is 4.51. The van der Waals surface area contributed by atoms with Gasteiger partial charge in [-0.1, -0.05) is 18.2 Å². The zero-order chi connectivity index (χ0) is 30.2. The number of rotatable bonds is 7. The number of carbonyl (C=O) groups excluding carboxylic acids is 1. The molecule has 1 aliphatic carbocycles. The molecule has 1 saturated carbocycles. The van der Waals surface area contributed by atoms with Crippen LogP contribution in [-0.2, 0) is 17.7 Å². The number of benzene rings is 1. The molecular weight excluding hydrogens is 573 g/mol. The van der Waals surface area contributed by atoms with Gasteiger partial charge in [0.2, 0.25) is 5.88 Å². The lowest BCUT2D eigenvalue weighted by Crippen LogP contribution is -2.40. The predicted molar refractivity (Wildman–Crippen MR) is 169 cm³/mol. The summed E-state index contributed by atoms with van der Waals surface area (Å²) in [5.41, 5.74) is 4.34. The van der Waals surface area contributed by atoms with E-state index >= 15 is 4.39 Å². The monoisotopic (exact) mass is 611 g/mol. The Labute approximate surface area is 261 Å². The van der Waals surface area contributed by atoms with Gasteiger partial charge in [0.25, 0.3) is 0 Å². The number of hydrogen-bond donors (Lipinski definition) is 1. The summed E-state index contributed by atoms with van der Waals surface area (Å²) in [6, 6.07) is 11.1. The first kappa shape index (κ1) is 27.4. The zero-order valence-corrected chi connectivity index (χ0v) is 25.5. The SMILES string of the molecule is CN1CCCC1COc1nc2c(F)c(N3CCCc4ccccc43)ncc2c2c1cc(CN1CCOC1=O)n2C1C2CNC1C2. The van der Waals surface area contributed by atoms with Crippen molar-refractivity contribution >= 4 is 39.4 Å². The Hall–Kier alpha value is -3.96. The average molecular weight is 612 g/mol. The van der Waals surface area contributed by atoms with Crippen molar-refractivity contribution in [1.29, 1.82) is 0 Å². The van der Waals surface area contributed by atoms with E-state index in [2.05, 4.69) is 34.0 Å². The predicted octanol–water partition coefficient (Wildman–Crippen LogP) is 4.77.